The fraction of sp³-hybridized carbons (Fsp3) is 0.607. The first-order chi connectivity index (χ1) is 18.3. The second-order valence-electron chi connectivity index (χ2n) is 9.68. The standard InChI is InChI=1S/C28H38N4O4S2/c1-5-8-9-10-11-15-32-26(34)23(38-28(32)37)16-21-19(4)22(17-29)25(33)31(6-2)24(21)30-14-12-13-20(18-30)27(35)36-7-3/h16,20H,5-15,18H2,1-4H3/b23-16+. The number of esters is 1. The molecule has 0 radical (unpaired) electrons. The minimum Gasteiger partial charge on any atom is -0.466 e. The lowest BCUT2D eigenvalue weighted by Crippen LogP contribution is -2.43. The number of thiocarbonyl (C=S) groups is 1. The van der Waals surface area contributed by atoms with Gasteiger partial charge in [0.15, 0.2) is 0 Å². The molecular weight excluding hydrogens is 520 g/mol. The Kier molecular flexibility index (Phi) is 11.0. The van der Waals surface area contributed by atoms with Gasteiger partial charge in [0.25, 0.3) is 11.5 Å². The summed E-state index contributed by atoms with van der Waals surface area (Å²) in [5.74, 6) is -0.0578. The number of piperidine rings is 1. The van der Waals surface area contributed by atoms with Gasteiger partial charge in [-0.1, -0.05) is 56.6 Å². The molecule has 1 amide bonds. The SMILES string of the molecule is CCCCCCCN1C(=O)/C(=C\c2c(C)c(C#N)c(=O)n(CC)c2N2CCCC(C(=O)OCC)C2)SC1=S. The average Bonchev–Trinajstić information content (AvgIpc) is 3.17. The summed E-state index contributed by atoms with van der Waals surface area (Å²) in [6, 6.07) is 2.07. The van der Waals surface area contributed by atoms with Crippen molar-refractivity contribution in [1.29, 1.82) is 5.26 Å². The zero-order chi connectivity index (χ0) is 27.8. The maximum absolute atomic E-state index is 13.4. The van der Waals surface area contributed by atoms with Gasteiger partial charge in [-0.25, -0.2) is 0 Å². The summed E-state index contributed by atoms with van der Waals surface area (Å²) in [6.07, 6.45) is 8.69. The van der Waals surface area contributed by atoms with Gasteiger partial charge < -0.3 is 9.64 Å². The first kappa shape index (κ1) is 29.9. The summed E-state index contributed by atoms with van der Waals surface area (Å²) in [5.41, 5.74) is 0.876. The number of ether oxygens (including phenoxy) is 1. The van der Waals surface area contributed by atoms with Gasteiger partial charge in [0.2, 0.25) is 0 Å². The molecule has 3 rings (SSSR count). The molecule has 2 fully saturated rings. The predicted molar refractivity (Wildman–Crippen MR) is 156 cm³/mol. The summed E-state index contributed by atoms with van der Waals surface area (Å²) in [6.45, 7) is 9.87. The number of carbonyl (C=O) groups is 2. The van der Waals surface area contributed by atoms with E-state index < -0.39 is 0 Å². The molecule has 2 saturated heterocycles. The van der Waals surface area contributed by atoms with Crippen molar-refractivity contribution in [2.75, 3.05) is 31.1 Å². The summed E-state index contributed by atoms with van der Waals surface area (Å²) >= 11 is 6.81. The van der Waals surface area contributed by atoms with Crippen molar-refractivity contribution < 1.29 is 14.3 Å². The minimum atomic E-state index is -0.363. The average molecular weight is 559 g/mol. The number of rotatable bonds is 11. The van der Waals surface area contributed by atoms with Crippen LogP contribution in [0.15, 0.2) is 9.70 Å². The largest absolute Gasteiger partial charge is 0.466 e. The Morgan fingerprint density at radius 3 is 2.61 bits per heavy atom. The molecule has 1 aromatic rings. The van der Waals surface area contributed by atoms with Gasteiger partial charge in [-0.3, -0.25) is 23.9 Å². The Hall–Kier alpha value is -2.64. The second-order valence-corrected chi connectivity index (χ2v) is 11.4. The number of pyridine rings is 1. The molecule has 0 aliphatic carbocycles. The fourth-order valence-electron chi connectivity index (χ4n) is 5.10. The van der Waals surface area contributed by atoms with Crippen LogP contribution < -0.4 is 10.5 Å². The smallest absolute Gasteiger partial charge is 0.310 e. The van der Waals surface area contributed by atoms with Gasteiger partial charge in [-0.2, -0.15) is 5.26 Å². The molecule has 206 valence electrons. The van der Waals surface area contributed by atoms with E-state index in [4.69, 9.17) is 17.0 Å². The maximum Gasteiger partial charge on any atom is 0.310 e. The zero-order valence-electron chi connectivity index (χ0n) is 22.9. The molecule has 2 aliphatic rings. The van der Waals surface area contributed by atoms with Crippen LogP contribution in [0.5, 0.6) is 0 Å². The Morgan fingerprint density at radius 1 is 1.21 bits per heavy atom. The van der Waals surface area contributed by atoms with Crippen LogP contribution in [0.25, 0.3) is 6.08 Å². The topological polar surface area (TPSA) is 95.6 Å². The van der Waals surface area contributed by atoms with Gasteiger partial charge in [0, 0.05) is 31.7 Å². The molecule has 38 heavy (non-hydrogen) atoms. The first-order valence-corrected chi connectivity index (χ1v) is 14.9. The summed E-state index contributed by atoms with van der Waals surface area (Å²) in [5, 5.41) is 9.81. The van der Waals surface area contributed by atoms with Crippen molar-refractivity contribution in [3.8, 4) is 6.07 Å². The van der Waals surface area contributed by atoms with E-state index in [1.54, 1.807) is 29.4 Å². The predicted octanol–water partition coefficient (Wildman–Crippen LogP) is 5.00. The van der Waals surface area contributed by atoms with Crippen LogP contribution in [0.4, 0.5) is 5.82 Å². The van der Waals surface area contributed by atoms with Gasteiger partial charge in [0.1, 0.15) is 21.8 Å². The third-order valence-electron chi connectivity index (χ3n) is 7.14. The molecule has 1 aromatic heterocycles. The highest BCUT2D eigenvalue weighted by Gasteiger charge is 2.34. The Balaban J connectivity index is 2.02. The molecule has 1 atom stereocenters. The molecule has 0 saturated carbocycles. The van der Waals surface area contributed by atoms with E-state index in [2.05, 4.69) is 13.0 Å². The van der Waals surface area contributed by atoms with Gasteiger partial charge in [0.05, 0.1) is 17.4 Å². The van der Waals surface area contributed by atoms with E-state index in [9.17, 15) is 19.6 Å². The lowest BCUT2D eigenvalue weighted by Gasteiger charge is -2.36. The number of aromatic nitrogens is 1. The molecule has 0 bridgehead atoms. The van der Waals surface area contributed by atoms with Gasteiger partial charge in [-0.05, 0) is 51.7 Å². The van der Waals surface area contributed by atoms with Crippen LogP contribution in [-0.2, 0) is 20.9 Å². The van der Waals surface area contributed by atoms with Crippen LogP contribution in [-0.4, -0.2) is 51.9 Å². The van der Waals surface area contributed by atoms with Crippen LogP contribution in [0.3, 0.4) is 0 Å². The van der Waals surface area contributed by atoms with Crippen molar-refractivity contribution in [3.63, 3.8) is 0 Å². The normalized spacial score (nSPS) is 18.8. The van der Waals surface area contributed by atoms with Crippen molar-refractivity contribution >= 4 is 52.1 Å². The first-order valence-electron chi connectivity index (χ1n) is 13.6. The number of hydrogen-bond donors (Lipinski definition) is 0. The minimum absolute atomic E-state index is 0.0622. The highest BCUT2D eigenvalue weighted by molar-refractivity contribution is 8.26. The van der Waals surface area contributed by atoms with Gasteiger partial charge >= 0.3 is 5.97 Å². The quantitative estimate of drug-likeness (QED) is 0.162. The summed E-state index contributed by atoms with van der Waals surface area (Å²) in [7, 11) is 0. The van der Waals surface area contributed by atoms with Crippen molar-refractivity contribution in [1.82, 2.24) is 9.47 Å². The molecule has 1 unspecified atom stereocenters. The number of unbranched alkanes of at least 4 members (excludes halogenated alkanes) is 4. The Labute approximate surface area is 235 Å². The van der Waals surface area contributed by atoms with E-state index in [0.29, 0.717) is 65.4 Å². The monoisotopic (exact) mass is 558 g/mol. The van der Waals surface area contributed by atoms with E-state index >= 15 is 0 Å². The maximum atomic E-state index is 13.4. The molecule has 3 heterocycles. The summed E-state index contributed by atoms with van der Waals surface area (Å²) < 4.78 is 7.39. The highest BCUT2D eigenvalue weighted by atomic mass is 32.2. The molecule has 0 aromatic carbocycles. The molecule has 0 spiro atoms. The van der Waals surface area contributed by atoms with Crippen molar-refractivity contribution in [2.45, 2.75) is 79.2 Å². The molecular formula is C28H38N4O4S2. The Morgan fingerprint density at radius 2 is 1.95 bits per heavy atom. The third kappa shape index (κ3) is 6.49. The lowest BCUT2D eigenvalue weighted by molar-refractivity contribution is -0.148. The number of hydrogen-bond acceptors (Lipinski definition) is 8. The van der Waals surface area contributed by atoms with Gasteiger partial charge in [-0.15, -0.1) is 0 Å². The summed E-state index contributed by atoms with van der Waals surface area (Å²) in [4.78, 5) is 43.4. The van der Waals surface area contributed by atoms with Crippen LogP contribution in [0.2, 0.25) is 0 Å². The highest BCUT2D eigenvalue weighted by Crippen LogP contribution is 2.37. The number of thioether (sulfide) groups is 1. The van der Waals surface area contributed by atoms with E-state index in [1.807, 2.05) is 11.8 Å². The van der Waals surface area contributed by atoms with Crippen LogP contribution >= 0.6 is 24.0 Å². The second kappa shape index (κ2) is 13.9. The molecule has 8 nitrogen and oxygen atoms in total. The van der Waals surface area contributed by atoms with E-state index in [-0.39, 0.29) is 28.9 Å². The number of amides is 1. The molecule has 0 N–H and O–H groups in total. The van der Waals surface area contributed by atoms with Crippen LogP contribution in [0.1, 0.15) is 82.4 Å². The molecule has 10 heteroatoms. The van der Waals surface area contributed by atoms with Crippen molar-refractivity contribution in [2.24, 2.45) is 5.92 Å². The number of carbonyl (C=O) groups excluding carboxylic acids is 2. The number of nitrogens with zero attached hydrogens (tertiary/aromatic N) is 4. The number of anilines is 1. The molecule has 2 aliphatic heterocycles. The van der Waals surface area contributed by atoms with Crippen LogP contribution in [0, 0.1) is 24.2 Å². The fourth-order valence-corrected chi connectivity index (χ4v) is 6.39. The number of nitriles is 1. The van der Waals surface area contributed by atoms with E-state index in [0.717, 1.165) is 32.1 Å². The zero-order valence-corrected chi connectivity index (χ0v) is 24.5. The Bertz CT molecular complexity index is 1200. The van der Waals surface area contributed by atoms with Crippen molar-refractivity contribution in [3.05, 3.63) is 31.9 Å². The lowest BCUT2D eigenvalue weighted by atomic mass is 9.96. The third-order valence-corrected chi connectivity index (χ3v) is 8.52. The van der Waals surface area contributed by atoms with E-state index in [1.165, 1.54) is 18.2 Å².